The van der Waals surface area contributed by atoms with E-state index in [0.717, 1.165) is 13.0 Å². The molecular formula is C15H17ClN2O2. The third-order valence-corrected chi connectivity index (χ3v) is 3.32. The molecule has 0 radical (unpaired) electrons. The molecule has 2 rings (SSSR count). The number of nitrogens with zero attached hydrogens (tertiary/aromatic N) is 1. The highest BCUT2D eigenvalue weighted by Crippen LogP contribution is 2.25. The number of phenolic OH excluding ortho intramolecular Hbond substituents is 1. The van der Waals surface area contributed by atoms with E-state index < -0.39 is 0 Å². The summed E-state index contributed by atoms with van der Waals surface area (Å²) >= 11 is 5.96. The van der Waals surface area contributed by atoms with Crippen molar-refractivity contribution >= 4 is 23.2 Å². The van der Waals surface area contributed by atoms with Gasteiger partial charge >= 0.3 is 0 Å². The molecule has 2 N–H and O–H groups in total. The monoisotopic (exact) mass is 292 g/mol. The second kappa shape index (κ2) is 6.01. The lowest BCUT2D eigenvalue weighted by atomic mass is 10.2. The largest absolute Gasteiger partial charge is 0.508 e. The van der Waals surface area contributed by atoms with E-state index in [2.05, 4.69) is 5.32 Å². The van der Waals surface area contributed by atoms with Crippen LogP contribution in [0.25, 0.3) is 0 Å². The van der Waals surface area contributed by atoms with Gasteiger partial charge in [0.25, 0.3) is 5.91 Å². The molecule has 1 aromatic carbocycles. The summed E-state index contributed by atoms with van der Waals surface area (Å²) in [6.45, 7) is 4.52. The van der Waals surface area contributed by atoms with Gasteiger partial charge in [0.2, 0.25) is 0 Å². The minimum Gasteiger partial charge on any atom is -0.508 e. The number of carbonyl (C=O) groups is 1. The van der Waals surface area contributed by atoms with E-state index in [1.807, 2.05) is 11.5 Å². The fraction of sp³-hybridized carbons (Fsp3) is 0.267. The van der Waals surface area contributed by atoms with Crippen LogP contribution in [-0.4, -0.2) is 15.6 Å². The Kier molecular flexibility index (Phi) is 4.35. The van der Waals surface area contributed by atoms with Crippen LogP contribution in [0.3, 0.4) is 0 Å². The normalized spacial score (nSPS) is 10.6. The van der Waals surface area contributed by atoms with E-state index in [4.69, 9.17) is 11.6 Å². The number of anilines is 1. The van der Waals surface area contributed by atoms with Gasteiger partial charge in [-0.05, 0) is 31.5 Å². The summed E-state index contributed by atoms with van der Waals surface area (Å²) in [5, 5.41) is 13.0. The lowest BCUT2D eigenvalue weighted by Gasteiger charge is -2.11. The average molecular weight is 293 g/mol. The third-order valence-electron chi connectivity index (χ3n) is 3.11. The summed E-state index contributed by atoms with van der Waals surface area (Å²) in [5.41, 5.74) is 1.75. The first-order chi connectivity index (χ1) is 9.52. The van der Waals surface area contributed by atoms with Crippen LogP contribution in [-0.2, 0) is 6.54 Å². The number of aromatic nitrogens is 1. The quantitative estimate of drug-likeness (QED) is 0.900. The Labute approximate surface area is 123 Å². The number of aromatic hydroxyl groups is 1. The molecule has 5 heteroatoms. The van der Waals surface area contributed by atoms with E-state index >= 15 is 0 Å². The van der Waals surface area contributed by atoms with Crippen molar-refractivity contribution in [3.8, 4) is 5.75 Å². The van der Waals surface area contributed by atoms with Crippen molar-refractivity contribution in [1.29, 1.82) is 0 Å². The van der Waals surface area contributed by atoms with Gasteiger partial charge in [-0.15, -0.1) is 0 Å². The number of carbonyl (C=O) groups excluding carboxylic acids is 1. The van der Waals surface area contributed by atoms with Crippen molar-refractivity contribution in [1.82, 2.24) is 4.57 Å². The second-order valence-corrected chi connectivity index (χ2v) is 5.08. The highest BCUT2D eigenvalue weighted by atomic mass is 35.5. The number of hydrogen-bond acceptors (Lipinski definition) is 2. The lowest BCUT2D eigenvalue weighted by Crippen LogP contribution is -2.17. The van der Waals surface area contributed by atoms with Crippen molar-refractivity contribution in [2.75, 3.05) is 5.32 Å². The maximum absolute atomic E-state index is 12.3. The van der Waals surface area contributed by atoms with Crippen molar-refractivity contribution in [3.05, 3.63) is 46.7 Å². The number of aryl methyl sites for hydroxylation is 1. The maximum Gasteiger partial charge on any atom is 0.272 e. The van der Waals surface area contributed by atoms with Gasteiger partial charge in [-0.25, -0.2) is 0 Å². The lowest BCUT2D eigenvalue weighted by molar-refractivity contribution is 0.101. The number of amides is 1. The van der Waals surface area contributed by atoms with E-state index in [1.165, 1.54) is 0 Å². The summed E-state index contributed by atoms with van der Waals surface area (Å²) in [7, 11) is 0. The molecule has 0 fully saturated rings. The summed E-state index contributed by atoms with van der Waals surface area (Å²) in [6, 6.07) is 6.67. The Morgan fingerprint density at radius 2 is 2.20 bits per heavy atom. The van der Waals surface area contributed by atoms with Gasteiger partial charge in [-0.2, -0.15) is 0 Å². The molecule has 0 unspecified atom stereocenters. The molecule has 1 amide bonds. The van der Waals surface area contributed by atoms with Gasteiger partial charge in [0.1, 0.15) is 11.4 Å². The van der Waals surface area contributed by atoms with E-state index in [-0.39, 0.29) is 11.7 Å². The van der Waals surface area contributed by atoms with E-state index in [9.17, 15) is 9.90 Å². The maximum atomic E-state index is 12.3. The summed E-state index contributed by atoms with van der Waals surface area (Å²) in [5.74, 6) is -0.0798. The molecule has 0 bridgehead atoms. The average Bonchev–Trinajstić information content (AvgIpc) is 2.76. The molecule has 0 spiro atoms. The Hall–Kier alpha value is -1.94. The predicted octanol–water partition coefficient (Wildman–Crippen LogP) is 3.82. The molecule has 20 heavy (non-hydrogen) atoms. The van der Waals surface area contributed by atoms with Crippen LogP contribution in [0.2, 0.25) is 5.02 Å². The van der Waals surface area contributed by atoms with E-state index in [0.29, 0.717) is 22.0 Å². The second-order valence-electron chi connectivity index (χ2n) is 4.64. The van der Waals surface area contributed by atoms with Crippen LogP contribution in [0, 0.1) is 6.92 Å². The molecule has 0 aliphatic heterocycles. The predicted molar refractivity (Wildman–Crippen MR) is 80.5 cm³/mol. The number of rotatable bonds is 4. The van der Waals surface area contributed by atoms with Gasteiger partial charge in [0.15, 0.2) is 0 Å². The van der Waals surface area contributed by atoms with Crippen LogP contribution in [0.5, 0.6) is 5.75 Å². The Balaban J connectivity index is 2.26. The van der Waals surface area contributed by atoms with Gasteiger partial charge in [-0.1, -0.05) is 24.6 Å². The highest BCUT2D eigenvalue weighted by Gasteiger charge is 2.14. The molecule has 0 saturated carbocycles. The topological polar surface area (TPSA) is 54.3 Å². The van der Waals surface area contributed by atoms with Gasteiger partial charge < -0.3 is 15.0 Å². The zero-order chi connectivity index (χ0) is 14.7. The number of nitrogens with one attached hydrogen (secondary N) is 1. The third kappa shape index (κ3) is 2.96. The van der Waals surface area contributed by atoms with Crippen molar-refractivity contribution < 1.29 is 9.90 Å². The molecular weight excluding hydrogens is 276 g/mol. The van der Waals surface area contributed by atoms with Gasteiger partial charge in [0, 0.05) is 24.0 Å². The van der Waals surface area contributed by atoms with Crippen molar-refractivity contribution in [2.24, 2.45) is 0 Å². The fourth-order valence-electron chi connectivity index (χ4n) is 2.04. The first kappa shape index (κ1) is 14.5. The first-order valence-electron chi connectivity index (χ1n) is 6.48. The Morgan fingerprint density at radius 1 is 1.45 bits per heavy atom. The minimum absolute atomic E-state index is 0.157. The zero-order valence-corrected chi connectivity index (χ0v) is 12.2. The molecule has 4 nitrogen and oxygen atoms in total. The molecule has 1 aromatic heterocycles. The molecule has 106 valence electrons. The molecule has 0 aliphatic rings. The van der Waals surface area contributed by atoms with E-state index in [1.54, 1.807) is 37.4 Å². The number of hydrogen-bond donors (Lipinski definition) is 2. The number of phenols is 1. The van der Waals surface area contributed by atoms with Crippen LogP contribution < -0.4 is 5.32 Å². The zero-order valence-electron chi connectivity index (χ0n) is 11.5. The Bertz CT molecular complexity index is 635. The fourth-order valence-corrected chi connectivity index (χ4v) is 2.26. The van der Waals surface area contributed by atoms with Crippen molar-refractivity contribution in [2.45, 2.75) is 26.8 Å². The molecule has 0 saturated heterocycles. The van der Waals surface area contributed by atoms with Crippen LogP contribution in [0.1, 0.15) is 29.4 Å². The number of halogens is 1. The molecule has 0 atom stereocenters. The summed E-state index contributed by atoms with van der Waals surface area (Å²) in [4.78, 5) is 12.3. The van der Waals surface area contributed by atoms with Gasteiger partial charge in [-0.3, -0.25) is 4.79 Å². The SMILES string of the molecule is CCCn1cc(Cl)cc1C(=O)Nc1cccc(O)c1C. The molecule has 2 aromatic rings. The first-order valence-corrected chi connectivity index (χ1v) is 6.86. The van der Waals surface area contributed by atoms with Crippen LogP contribution in [0.4, 0.5) is 5.69 Å². The van der Waals surface area contributed by atoms with Gasteiger partial charge in [0.05, 0.1) is 5.02 Å². The molecule has 0 aliphatic carbocycles. The summed E-state index contributed by atoms with van der Waals surface area (Å²) < 4.78 is 1.83. The highest BCUT2D eigenvalue weighted by molar-refractivity contribution is 6.31. The Morgan fingerprint density at radius 3 is 2.90 bits per heavy atom. The number of benzene rings is 1. The van der Waals surface area contributed by atoms with Crippen molar-refractivity contribution in [3.63, 3.8) is 0 Å². The standard InChI is InChI=1S/C15H17ClN2O2/c1-3-7-18-9-11(16)8-13(18)15(20)17-12-5-4-6-14(19)10(12)2/h4-6,8-9,19H,3,7H2,1-2H3,(H,17,20). The van der Waals surface area contributed by atoms with Crippen LogP contribution >= 0.6 is 11.6 Å². The summed E-state index contributed by atoms with van der Waals surface area (Å²) in [6.07, 6.45) is 2.66. The smallest absolute Gasteiger partial charge is 0.272 e. The minimum atomic E-state index is -0.237. The molecule has 1 heterocycles. The van der Waals surface area contributed by atoms with Crippen LogP contribution in [0.15, 0.2) is 30.5 Å².